The summed E-state index contributed by atoms with van der Waals surface area (Å²) >= 11 is 0. The zero-order chi connectivity index (χ0) is 22.7. The quantitative estimate of drug-likeness (QED) is 0.492. The van der Waals surface area contributed by atoms with Crippen LogP contribution in [-0.2, 0) is 0 Å². The molecule has 32 heavy (non-hydrogen) atoms. The van der Waals surface area contributed by atoms with Crippen molar-refractivity contribution in [3.8, 4) is 22.6 Å². The molecule has 0 saturated carbocycles. The average Bonchev–Trinajstić information content (AvgIpc) is 2.79. The number of anilines is 2. The van der Waals surface area contributed by atoms with E-state index >= 15 is 0 Å². The summed E-state index contributed by atoms with van der Waals surface area (Å²) in [7, 11) is 1.64. The van der Waals surface area contributed by atoms with Crippen LogP contribution in [0.1, 0.15) is 5.56 Å². The highest BCUT2D eigenvalue weighted by atomic mass is 19.4. The van der Waals surface area contributed by atoms with E-state index in [1.165, 1.54) is 12.1 Å². The fourth-order valence-corrected chi connectivity index (χ4v) is 3.95. The van der Waals surface area contributed by atoms with Crippen molar-refractivity contribution in [3.63, 3.8) is 0 Å². The molecule has 7 heteroatoms. The van der Waals surface area contributed by atoms with E-state index < -0.39 is 6.36 Å². The molecule has 0 spiro atoms. The van der Waals surface area contributed by atoms with Crippen LogP contribution in [0.3, 0.4) is 0 Å². The lowest BCUT2D eigenvalue weighted by Crippen LogP contribution is -2.46. The molecule has 0 aliphatic carbocycles. The van der Waals surface area contributed by atoms with Gasteiger partial charge in [0.05, 0.1) is 7.11 Å². The predicted octanol–water partition coefficient (Wildman–Crippen LogP) is 5.90. The van der Waals surface area contributed by atoms with Crippen molar-refractivity contribution in [2.24, 2.45) is 0 Å². The number of benzene rings is 3. The molecule has 0 radical (unpaired) electrons. The predicted molar refractivity (Wildman–Crippen MR) is 121 cm³/mol. The van der Waals surface area contributed by atoms with Gasteiger partial charge in [0.2, 0.25) is 0 Å². The van der Waals surface area contributed by atoms with Gasteiger partial charge in [0.15, 0.2) is 0 Å². The monoisotopic (exact) mass is 442 g/mol. The van der Waals surface area contributed by atoms with Gasteiger partial charge in [-0.05, 0) is 55.0 Å². The van der Waals surface area contributed by atoms with Crippen LogP contribution in [0, 0.1) is 6.92 Å². The third-order valence-electron chi connectivity index (χ3n) is 5.62. The topological polar surface area (TPSA) is 24.9 Å². The molecule has 4 rings (SSSR count). The maximum Gasteiger partial charge on any atom is 0.573 e. The Balaban J connectivity index is 1.57. The summed E-state index contributed by atoms with van der Waals surface area (Å²) in [6.07, 6.45) is -4.73. The molecule has 0 N–H and O–H groups in total. The van der Waals surface area contributed by atoms with Crippen LogP contribution in [0.25, 0.3) is 11.1 Å². The number of alkyl halides is 3. The molecule has 3 aromatic rings. The van der Waals surface area contributed by atoms with Crippen molar-refractivity contribution in [1.82, 2.24) is 0 Å². The van der Waals surface area contributed by atoms with E-state index in [0.717, 1.165) is 60.0 Å². The summed E-state index contributed by atoms with van der Waals surface area (Å²) in [6, 6.07) is 20.3. The molecule has 0 amide bonds. The largest absolute Gasteiger partial charge is 0.573 e. The Bertz CT molecular complexity index is 1040. The molecule has 1 saturated heterocycles. The molecular weight excluding hydrogens is 417 g/mol. The minimum atomic E-state index is -4.73. The van der Waals surface area contributed by atoms with E-state index in [-0.39, 0.29) is 5.75 Å². The van der Waals surface area contributed by atoms with Gasteiger partial charge in [0.1, 0.15) is 11.5 Å². The first-order valence-electron chi connectivity index (χ1n) is 10.4. The number of aryl methyl sites for hydroxylation is 1. The van der Waals surface area contributed by atoms with E-state index in [1.54, 1.807) is 13.2 Å². The van der Waals surface area contributed by atoms with Crippen LogP contribution in [0.2, 0.25) is 0 Å². The van der Waals surface area contributed by atoms with Crippen LogP contribution in [0.4, 0.5) is 24.5 Å². The molecule has 0 unspecified atom stereocenters. The molecular formula is C25H25F3N2O2. The molecule has 4 nitrogen and oxygen atoms in total. The van der Waals surface area contributed by atoms with Gasteiger partial charge < -0.3 is 19.3 Å². The fourth-order valence-electron chi connectivity index (χ4n) is 3.95. The summed E-state index contributed by atoms with van der Waals surface area (Å²) in [5, 5.41) is 0. The van der Waals surface area contributed by atoms with Gasteiger partial charge in [-0.1, -0.05) is 29.8 Å². The Morgan fingerprint density at radius 1 is 0.750 bits per heavy atom. The van der Waals surface area contributed by atoms with Crippen molar-refractivity contribution in [1.29, 1.82) is 0 Å². The number of methoxy groups -OCH3 is 1. The molecule has 1 fully saturated rings. The van der Waals surface area contributed by atoms with Crippen LogP contribution < -0.4 is 19.3 Å². The van der Waals surface area contributed by atoms with Crippen molar-refractivity contribution in [3.05, 3.63) is 72.3 Å². The average molecular weight is 442 g/mol. The van der Waals surface area contributed by atoms with Gasteiger partial charge in [-0.2, -0.15) is 0 Å². The zero-order valence-electron chi connectivity index (χ0n) is 18.0. The molecule has 0 aromatic heterocycles. The number of ether oxygens (including phenoxy) is 2. The number of rotatable bonds is 5. The highest BCUT2D eigenvalue weighted by Crippen LogP contribution is 2.37. The second kappa shape index (κ2) is 9.02. The van der Waals surface area contributed by atoms with E-state index in [9.17, 15) is 13.2 Å². The maximum absolute atomic E-state index is 12.8. The SMILES string of the molecule is COc1ccc(N2CCN(c3ccc(OC(F)(F)F)cc3-c3ccc(C)cc3)CC2)cc1. The van der Waals surface area contributed by atoms with Crippen LogP contribution in [-0.4, -0.2) is 39.7 Å². The third-order valence-corrected chi connectivity index (χ3v) is 5.62. The lowest BCUT2D eigenvalue weighted by Gasteiger charge is -2.38. The highest BCUT2D eigenvalue weighted by molar-refractivity contribution is 5.80. The fraction of sp³-hybridized carbons (Fsp3) is 0.280. The summed E-state index contributed by atoms with van der Waals surface area (Å²) in [5.74, 6) is 0.602. The molecule has 168 valence electrons. The minimum absolute atomic E-state index is 0.214. The van der Waals surface area contributed by atoms with E-state index in [2.05, 4.69) is 14.5 Å². The Morgan fingerprint density at radius 3 is 1.94 bits per heavy atom. The van der Waals surface area contributed by atoms with Gasteiger partial charge in [0.25, 0.3) is 0 Å². The number of piperazine rings is 1. The number of hydrogen-bond donors (Lipinski definition) is 0. The summed E-state index contributed by atoms with van der Waals surface area (Å²) < 4.78 is 47.8. The van der Waals surface area contributed by atoms with Gasteiger partial charge in [-0.3, -0.25) is 0 Å². The lowest BCUT2D eigenvalue weighted by atomic mass is 10.0. The van der Waals surface area contributed by atoms with Crippen molar-refractivity contribution < 1.29 is 22.6 Å². The zero-order valence-corrected chi connectivity index (χ0v) is 18.0. The highest BCUT2D eigenvalue weighted by Gasteiger charge is 2.31. The van der Waals surface area contributed by atoms with Crippen molar-refractivity contribution in [2.45, 2.75) is 13.3 Å². The van der Waals surface area contributed by atoms with Gasteiger partial charge in [0, 0.05) is 43.1 Å². The first-order valence-corrected chi connectivity index (χ1v) is 10.4. The first-order chi connectivity index (χ1) is 15.3. The maximum atomic E-state index is 12.8. The van der Waals surface area contributed by atoms with Gasteiger partial charge in [-0.25, -0.2) is 0 Å². The van der Waals surface area contributed by atoms with E-state index in [0.29, 0.717) is 0 Å². The van der Waals surface area contributed by atoms with Crippen molar-refractivity contribution >= 4 is 11.4 Å². The minimum Gasteiger partial charge on any atom is -0.497 e. The number of hydrogen-bond acceptors (Lipinski definition) is 4. The Morgan fingerprint density at radius 2 is 1.34 bits per heavy atom. The smallest absolute Gasteiger partial charge is 0.497 e. The van der Waals surface area contributed by atoms with Crippen molar-refractivity contribution in [2.75, 3.05) is 43.1 Å². The summed E-state index contributed by atoms with van der Waals surface area (Å²) in [5.41, 5.74) is 4.70. The Labute approximate surface area is 185 Å². The standard InChI is InChI=1S/C25H25F3N2O2/c1-18-3-5-19(6-4-18)23-17-22(32-25(26,27)28)11-12-24(23)30-15-13-29(14-16-30)20-7-9-21(31-2)10-8-20/h3-12,17H,13-16H2,1-2H3. The normalized spacial score (nSPS) is 14.4. The second-order valence-corrected chi connectivity index (χ2v) is 7.76. The van der Waals surface area contributed by atoms with Gasteiger partial charge >= 0.3 is 6.36 Å². The van der Waals surface area contributed by atoms with Crippen LogP contribution in [0.5, 0.6) is 11.5 Å². The third kappa shape index (κ3) is 5.10. The van der Waals surface area contributed by atoms with Crippen LogP contribution in [0.15, 0.2) is 66.7 Å². The molecule has 0 bridgehead atoms. The molecule has 1 aliphatic heterocycles. The number of nitrogens with zero attached hydrogens (tertiary/aromatic N) is 2. The molecule has 3 aromatic carbocycles. The summed E-state index contributed by atoms with van der Waals surface area (Å²) in [6.45, 7) is 5.10. The lowest BCUT2D eigenvalue weighted by molar-refractivity contribution is -0.274. The number of halogens is 3. The molecule has 1 aliphatic rings. The van der Waals surface area contributed by atoms with E-state index in [4.69, 9.17) is 4.74 Å². The Hall–Kier alpha value is -3.35. The summed E-state index contributed by atoms with van der Waals surface area (Å²) in [4.78, 5) is 4.51. The van der Waals surface area contributed by atoms with E-state index in [1.807, 2.05) is 55.5 Å². The van der Waals surface area contributed by atoms with Gasteiger partial charge in [-0.15, -0.1) is 13.2 Å². The first kappa shape index (κ1) is 21.9. The van der Waals surface area contributed by atoms with Crippen LogP contribution >= 0.6 is 0 Å². The Kier molecular flexibility index (Phi) is 6.17. The molecule has 1 heterocycles. The molecule has 0 atom stereocenters. The second-order valence-electron chi connectivity index (χ2n) is 7.76.